The lowest BCUT2D eigenvalue weighted by atomic mass is 10.0. The maximum atomic E-state index is 12.1. The van der Waals surface area contributed by atoms with Crippen molar-refractivity contribution in [3.8, 4) is 0 Å². The Morgan fingerprint density at radius 1 is 1.20 bits per heavy atom. The molecule has 25 heavy (non-hydrogen) atoms. The molecule has 1 unspecified atom stereocenters. The van der Waals surface area contributed by atoms with Crippen LogP contribution in [0.15, 0.2) is 48.5 Å². The second kappa shape index (κ2) is 9.20. The molecule has 0 heterocycles. The summed E-state index contributed by atoms with van der Waals surface area (Å²) in [7, 11) is 1.57. The number of amides is 1. The molecule has 132 valence electrons. The van der Waals surface area contributed by atoms with Gasteiger partial charge in [-0.25, -0.2) is 4.79 Å². The van der Waals surface area contributed by atoms with Gasteiger partial charge < -0.3 is 15.2 Å². The average molecular weight is 362 g/mol. The summed E-state index contributed by atoms with van der Waals surface area (Å²) in [6.07, 6.45) is 0.272. The summed E-state index contributed by atoms with van der Waals surface area (Å²) < 4.78 is 5.40. The number of rotatable bonds is 8. The quantitative estimate of drug-likeness (QED) is 0.754. The third kappa shape index (κ3) is 5.59. The molecular weight excluding hydrogens is 342 g/mol. The minimum absolute atomic E-state index is 0.163. The van der Waals surface area contributed by atoms with Crippen LogP contribution in [0.2, 0.25) is 5.02 Å². The van der Waals surface area contributed by atoms with Gasteiger partial charge in [-0.1, -0.05) is 41.9 Å². The van der Waals surface area contributed by atoms with Crippen LogP contribution in [-0.2, 0) is 16.0 Å². The molecule has 2 aromatic rings. The number of nitrogens with one attached hydrogen (secondary N) is 1. The molecule has 2 aromatic carbocycles. The summed E-state index contributed by atoms with van der Waals surface area (Å²) in [4.78, 5) is 23.3. The molecule has 0 radical (unpaired) electrons. The van der Waals surface area contributed by atoms with E-state index in [1.54, 1.807) is 37.4 Å². The summed E-state index contributed by atoms with van der Waals surface area (Å²) in [5.41, 5.74) is 1.75. The molecule has 6 heteroatoms. The van der Waals surface area contributed by atoms with E-state index in [2.05, 4.69) is 5.32 Å². The van der Waals surface area contributed by atoms with E-state index in [4.69, 9.17) is 21.4 Å². The number of hydrogen-bond donors (Lipinski definition) is 2. The predicted molar refractivity (Wildman–Crippen MR) is 95.9 cm³/mol. The van der Waals surface area contributed by atoms with E-state index in [-0.39, 0.29) is 24.0 Å². The molecule has 1 amide bonds. The van der Waals surface area contributed by atoms with Gasteiger partial charge in [-0.05, 0) is 35.7 Å². The van der Waals surface area contributed by atoms with Crippen molar-refractivity contribution in [1.82, 2.24) is 5.32 Å². The van der Waals surface area contributed by atoms with Gasteiger partial charge in [0.2, 0.25) is 5.91 Å². The molecule has 0 aliphatic heterocycles. The fourth-order valence-electron chi connectivity index (χ4n) is 2.53. The van der Waals surface area contributed by atoms with Crippen LogP contribution in [0.4, 0.5) is 0 Å². The van der Waals surface area contributed by atoms with E-state index >= 15 is 0 Å². The molecule has 0 aromatic heterocycles. The minimum atomic E-state index is -0.989. The minimum Gasteiger partial charge on any atom is -0.478 e. The van der Waals surface area contributed by atoms with E-state index < -0.39 is 5.97 Å². The zero-order chi connectivity index (χ0) is 18.2. The highest BCUT2D eigenvalue weighted by molar-refractivity contribution is 6.30. The Morgan fingerprint density at radius 3 is 2.64 bits per heavy atom. The van der Waals surface area contributed by atoms with Gasteiger partial charge in [-0.2, -0.15) is 0 Å². The first-order valence-electron chi connectivity index (χ1n) is 7.87. The highest BCUT2D eigenvalue weighted by Gasteiger charge is 2.14. The van der Waals surface area contributed by atoms with Crippen molar-refractivity contribution < 1.29 is 19.4 Å². The Labute approximate surface area is 151 Å². The Balaban J connectivity index is 1.89. The van der Waals surface area contributed by atoms with Crippen LogP contribution in [0, 0.1) is 0 Å². The Bertz CT molecular complexity index is 748. The number of carboxylic acid groups (broad SMARTS) is 1. The maximum Gasteiger partial charge on any atom is 0.335 e. The molecular formula is C19H20ClNO4. The van der Waals surface area contributed by atoms with Crippen molar-refractivity contribution in [3.05, 3.63) is 70.2 Å². The first kappa shape index (κ1) is 19.0. The molecule has 0 saturated carbocycles. The van der Waals surface area contributed by atoms with Crippen LogP contribution in [0.1, 0.15) is 34.0 Å². The van der Waals surface area contributed by atoms with Gasteiger partial charge in [-0.15, -0.1) is 0 Å². The van der Waals surface area contributed by atoms with Crippen LogP contribution in [-0.4, -0.2) is 30.6 Å². The smallest absolute Gasteiger partial charge is 0.335 e. The zero-order valence-electron chi connectivity index (χ0n) is 13.9. The van der Waals surface area contributed by atoms with Crippen LogP contribution >= 0.6 is 11.6 Å². The maximum absolute atomic E-state index is 12.1. The van der Waals surface area contributed by atoms with Crippen molar-refractivity contribution in [1.29, 1.82) is 0 Å². The molecule has 0 saturated heterocycles. The third-order valence-corrected chi connectivity index (χ3v) is 4.09. The summed E-state index contributed by atoms with van der Waals surface area (Å²) >= 11 is 5.98. The number of carboxylic acids is 1. The number of hydrogen-bond acceptors (Lipinski definition) is 3. The van der Waals surface area contributed by atoms with Crippen molar-refractivity contribution in [2.24, 2.45) is 0 Å². The number of aryl methyl sites for hydroxylation is 1. The van der Waals surface area contributed by atoms with Crippen molar-refractivity contribution in [2.45, 2.75) is 18.9 Å². The average Bonchev–Trinajstić information content (AvgIpc) is 2.60. The number of halogens is 1. The van der Waals surface area contributed by atoms with E-state index in [1.807, 2.05) is 12.1 Å². The molecule has 2 rings (SSSR count). The molecule has 0 aliphatic rings. The van der Waals surface area contributed by atoms with Gasteiger partial charge in [0.1, 0.15) is 0 Å². The SMILES string of the molecule is COC(CNC(=O)CCc1ccccc1C(=O)O)c1cccc(Cl)c1. The summed E-state index contributed by atoms with van der Waals surface area (Å²) in [6.45, 7) is 0.316. The molecule has 0 spiro atoms. The Hall–Kier alpha value is -2.37. The van der Waals surface area contributed by atoms with Gasteiger partial charge in [0, 0.05) is 25.1 Å². The van der Waals surface area contributed by atoms with Gasteiger partial charge in [0.15, 0.2) is 0 Å². The number of benzene rings is 2. The molecule has 2 N–H and O–H groups in total. The first-order chi connectivity index (χ1) is 12.0. The number of methoxy groups -OCH3 is 1. The van der Waals surface area contributed by atoms with Gasteiger partial charge in [0.05, 0.1) is 11.7 Å². The van der Waals surface area contributed by atoms with Crippen molar-refractivity contribution >= 4 is 23.5 Å². The van der Waals surface area contributed by atoms with E-state index in [1.165, 1.54) is 6.07 Å². The monoisotopic (exact) mass is 361 g/mol. The Morgan fingerprint density at radius 2 is 1.96 bits per heavy atom. The normalized spacial score (nSPS) is 11.8. The number of carbonyl (C=O) groups is 2. The number of ether oxygens (including phenoxy) is 1. The van der Waals surface area contributed by atoms with E-state index in [0.717, 1.165) is 5.56 Å². The zero-order valence-corrected chi connectivity index (χ0v) is 14.6. The highest BCUT2D eigenvalue weighted by atomic mass is 35.5. The number of aromatic carboxylic acids is 1. The second-order valence-electron chi connectivity index (χ2n) is 5.55. The summed E-state index contributed by atoms with van der Waals surface area (Å²) in [5, 5.41) is 12.6. The lowest BCUT2D eigenvalue weighted by Gasteiger charge is -2.17. The number of carbonyl (C=O) groups excluding carboxylic acids is 1. The topological polar surface area (TPSA) is 75.6 Å². The molecule has 0 bridgehead atoms. The summed E-state index contributed by atoms with van der Waals surface area (Å²) in [6, 6.07) is 14.0. The largest absolute Gasteiger partial charge is 0.478 e. The highest BCUT2D eigenvalue weighted by Crippen LogP contribution is 2.20. The molecule has 5 nitrogen and oxygen atoms in total. The van der Waals surface area contributed by atoms with Crippen molar-refractivity contribution in [2.75, 3.05) is 13.7 Å². The van der Waals surface area contributed by atoms with E-state index in [9.17, 15) is 9.59 Å². The second-order valence-corrected chi connectivity index (χ2v) is 5.98. The van der Waals surface area contributed by atoms with Crippen LogP contribution in [0.25, 0.3) is 0 Å². The third-order valence-electron chi connectivity index (χ3n) is 3.86. The first-order valence-corrected chi connectivity index (χ1v) is 8.25. The predicted octanol–water partition coefficient (Wildman–Crippen LogP) is 3.47. The van der Waals surface area contributed by atoms with Gasteiger partial charge >= 0.3 is 5.97 Å². The van der Waals surface area contributed by atoms with Gasteiger partial charge in [-0.3, -0.25) is 4.79 Å². The van der Waals surface area contributed by atoms with Crippen LogP contribution < -0.4 is 5.32 Å². The van der Waals surface area contributed by atoms with Gasteiger partial charge in [0.25, 0.3) is 0 Å². The molecule has 0 aliphatic carbocycles. The van der Waals surface area contributed by atoms with E-state index in [0.29, 0.717) is 23.6 Å². The fraction of sp³-hybridized carbons (Fsp3) is 0.263. The molecule has 1 atom stereocenters. The summed E-state index contributed by atoms with van der Waals surface area (Å²) in [5.74, 6) is -1.15. The van der Waals surface area contributed by atoms with Crippen LogP contribution in [0.3, 0.4) is 0 Å². The fourth-order valence-corrected chi connectivity index (χ4v) is 2.73. The van der Waals surface area contributed by atoms with Crippen LogP contribution in [0.5, 0.6) is 0 Å². The lowest BCUT2D eigenvalue weighted by molar-refractivity contribution is -0.121. The standard InChI is InChI=1S/C19H20ClNO4/c1-25-17(14-6-4-7-15(20)11-14)12-21-18(22)10-9-13-5-2-3-8-16(13)19(23)24/h2-8,11,17H,9-10,12H2,1H3,(H,21,22)(H,23,24). The molecule has 0 fully saturated rings. The Kier molecular flexibility index (Phi) is 6.98. The lowest BCUT2D eigenvalue weighted by Crippen LogP contribution is -2.29. The van der Waals surface area contributed by atoms with Crippen molar-refractivity contribution in [3.63, 3.8) is 0 Å².